The summed E-state index contributed by atoms with van der Waals surface area (Å²) in [5.41, 5.74) is 5.97. The maximum atomic E-state index is 4.82. The van der Waals surface area contributed by atoms with Gasteiger partial charge in [0.25, 0.3) is 0 Å². The molecule has 5 heteroatoms. The Bertz CT molecular complexity index is 889. The van der Waals surface area contributed by atoms with Crippen molar-refractivity contribution in [3.05, 3.63) is 88.7 Å². The molecule has 1 heterocycles. The quantitative estimate of drug-likeness (QED) is 0.476. The second-order valence-electron chi connectivity index (χ2n) is 7.22. The fourth-order valence-electron chi connectivity index (χ4n) is 3.54. The van der Waals surface area contributed by atoms with Gasteiger partial charge in [0.05, 0.1) is 12.2 Å². The molecule has 0 spiro atoms. The first-order valence-corrected chi connectivity index (χ1v) is 10.2. The Morgan fingerprint density at radius 2 is 1.55 bits per heavy atom. The van der Waals surface area contributed by atoms with Crippen LogP contribution in [0.3, 0.4) is 0 Å². The molecule has 0 saturated carbocycles. The zero-order valence-corrected chi connectivity index (χ0v) is 17.8. The Hall–Kier alpha value is -3.08. The largest absolute Gasteiger partial charge is 0.357 e. The Morgan fingerprint density at radius 3 is 2.03 bits per heavy atom. The summed E-state index contributed by atoms with van der Waals surface area (Å²) >= 11 is 0. The SMILES string of the molecule is CCNC(=NCc1c(C)nn(C)c1C)NCC(c1ccccc1)c1ccccc1. The Kier molecular flexibility index (Phi) is 7.06. The standard InChI is InChI=1S/C24H31N5/c1-5-25-24(26-16-22-18(2)28-29(4)19(22)3)27-17-23(20-12-8-6-9-13-20)21-14-10-7-11-15-21/h6-15,23H,5,16-17H2,1-4H3,(H2,25,26,27). The summed E-state index contributed by atoms with van der Waals surface area (Å²) in [7, 11) is 1.98. The molecular formula is C24H31N5. The van der Waals surface area contributed by atoms with Crippen molar-refractivity contribution in [1.29, 1.82) is 0 Å². The second-order valence-corrected chi connectivity index (χ2v) is 7.22. The molecule has 3 aromatic rings. The Morgan fingerprint density at radius 1 is 0.966 bits per heavy atom. The number of hydrogen-bond donors (Lipinski definition) is 2. The van der Waals surface area contributed by atoms with E-state index in [2.05, 4.69) is 90.2 Å². The number of nitrogens with zero attached hydrogens (tertiary/aromatic N) is 3. The van der Waals surface area contributed by atoms with Gasteiger partial charge in [-0.3, -0.25) is 4.68 Å². The molecule has 0 saturated heterocycles. The summed E-state index contributed by atoms with van der Waals surface area (Å²) in [6.07, 6.45) is 0. The number of guanidine groups is 1. The molecule has 0 fully saturated rings. The average Bonchev–Trinajstić information content (AvgIpc) is 2.99. The number of rotatable bonds is 7. The molecule has 29 heavy (non-hydrogen) atoms. The first kappa shape index (κ1) is 20.6. The molecular weight excluding hydrogens is 358 g/mol. The molecule has 0 aliphatic heterocycles. The number of benzene rings is 2. The smallest absolute Gasteiger partial charge is 0.191 e. The number of aromatic nitrogens is 2. The molecule has 0 radical (unpaired) electrons. The lowest BCUT2D eigenvalue weighted by Crippen LogP contribution is -2.39. The highest BCUT2D eigenvalue weighted by atomic mass is 15.3. The first-order chi connectivity index (χ1) is 14.1. The minimum atomic E-state index is 0.253. The van der Waals surface area contributed by atoms with E-state index < -0.39 is 0 Å². The van der Waals surface area contributed by atoms with Crippen molar-refractivity contribution in [3.63, 3.8) is 0 Å². The van der Waals surface area contributed by atoms with Crippen molar-refractivity contribution in [2.24, 2.45) is 12.0 Å². The van der Waals surface area contributed by atoms with E-state index in [4.69, 9.17) is 4.99 Å². The van der Waals surface area contributed by atoms with Gasteiger partial charge in [-0.25, -0.2) is 4.99 Å². The third-order valence-corrected chi connectivity index (χ3v) is 5.28. The molecule has 1 aromatic heterocycles. The molecule has 3 rings (SSSR count). The summed E-state index contributed by atoms with van der Waals surface area (Å²) in [6.45, 7) is 8.42. The normalized spacial score (nSPS) is 11.7. The maximum absolute atomic E-state index is 4.82. The van der Waals surface area contributed by atoms with Crippen LogP contribution in [0.1, 0.15) is 40.9 Å². The number of aryl methyl sites for hydroxylation is 2. The van der Waals surface area contributed by atoms with E-state index in [0.717, 1.165) is 30.4 Å². The van der Waals surface area contributed by atoms with Gasteiger partial charge in [0.2, 0.25) is 0 Å². The third-order valence-electron chi connectivity index (χ3n) is 5.28. The monoisotopic (exact) mass is 389 g/mol. The number of nitrogens with one attached hydrogen (secondary N) is 2. The molecule has 0 amide bonds. The minimum Gasteiger partial charge on any atom is -0.357 e. The molecule has 0 bridgehead atoms. The van der Waals surface area contributed by atoms with Crippen LogP contribution in [0.5, 0.6) is 0 Å². The minimum absolute atomic E-state index is 0.253. The fourth-order valence-corrected chi connectivity index (χ4v) is 3.54. The van der Waals surface area contributed by atoms with Crippen LogP contribution in [0.15, 0.2) is 65.7 Å². The van der Waals surface area contributed by atoms with Crippen molar-refractivity contribution >= 4 is 5.96 Å². The lowest BCUT2D eigenvalue weighted by atomic mass is 9.91. The van der Waals surface area contributed by atoms with Crippen molar-refractivity contribution in [2.45, 2.75) is 33.2 Å². The average molecular weight is 390 g/mol. The van der Waals surface area contributed by atoms with Crippen LogP contribution < -0.4 is 10.6 Å². The molecule has 0 atom stereocenters. The van der Waals surface area contributed by atoms with E-state index in [9.17, 15) is 0 Å². The number of hydrogen-bond acceptors (Lipinski definition) is 2. The van der Waals surface area contributed by atoms with Gasteiger partial charge in [-0.05, 0) is 31.9 Å². The molecule has 0 unspecified atom stereocenters. The summed E-state index contributed by atoms with van der Waals surface area (Å²) < 4.78 is 1.92. The lowest BCUT2D eigenvalue weighted by Gasteiger charge is -2.20. The van der Waals surface area contributed by atoms with Gasteiger partial charge in [0, 0.05) is 37.3 Å². The summed E-state index contributed by atoms with van der Waals surface area (Å²) in [4.78, 5) is 4.82. The van der Waals surface area contributed by atoms with Crippen LogP contribution in [0.25, 0.3) is 0 Å². The highest BCUT2D eigenvalue weighted by Gasteiger charge is 2.15. The van der Waals surface area contributed by atoms with Gasteiger partial charge in [0.1, 0.15) is 0 Å². The van der Waals surface area contributed by atoms with Gasteiger partial charge in [-0.1, -0.05) is 60.7 Å². The van der Waals surface area contributed by atoms with Gasteiger partial charge in [0.15, 0.2) is 5.96 Å². The highest BCUT2D eigenvalue weighted by molar-refractivity contribution is 5.79. The summed E-state index contributed by atoms with van der Waals surface area (Å²) in [6, 6.07) is 21.2. The summed E-state index contributed by atoms with van der Waals surface area (Å²) in [5, 5.41) is 11.4. The van der Waals surface area contributed by atoms with Gasteiger partial charge in [-0.2, -0.15) is 5.10 Å². The lowest BCUT2D eigenvalue weighted by molar-refractivity contribution is 0.726. The molecule has 2 N–H and O–H groups in total. The van der Waals surface area contributed by atoms with Crippen LogP contribution >= 0.6 is 0 Å². The van der Waals surface area contributed by atoms with Crippen LogP contribution in [-0.4, -0.2) is 28.8 Å². The van der Waals surface area contributed by atoms with Gasteiger partial charge >= 0.3 is 0 Å². The van der Waals surface area contributed by atoms with Crippen LogP contribution in [0.4, 0.5) is 0 Å². The zero-order chi connectivity index (χ0) is 20.6. The van der Waals surface area contributed by atoms with E-state index in [0.29, 0.717) is 6.54 Å². The van der Waals surface area contributed by atoms with Gasteiger partial charge < -0.3 is 10.6 Å². The molecule has 2 aromatic carbocycles. The fraction of sp³-hybridized carbons (Fsp3) is 0.333. The molecule has 0 aliphatic carbocycles. The molecule has 5 nitrogen and oxygen atoms in total. The first-order valence-electron chi connectivity index (χ1n) is 10.2. The van der Waals surface area contributed by atoms with E-state index >= 15 is 0 Å². The molecule has 152 valence electrons. The van der Waals surface area contributed by atoms with Crippen LogP contribution in [0, 0.1) is 13.8 Å². The van der Waals surface area contributed by atoms with Crippen molar-refractivity contribution in [2.75, 3.05) is 13.1 Å². The third kappa shape index (κ3) is 5.25. The Labute approximate surface area is 173 Å². The molecule has 0 aliphatic rings. The van der Waals surface area contributed by atoms with Crippen molar-refractivity contribution in [1.82, 2.24) is 20.4 Å². The topological polar surface area (TPSA) is 54.2 Å². The van der Waals surface area contributed by atoms with Crippen molar-refractivity contribution in [3.8, 4) is 0 Å². The Balaban J connectivity index is 1.78. The van der Waals surface area contributed by atoms with Gasteiger partial charge in [-0.15, -0.1) is 0 Å². The van der Waals surface area contributed by atoms with Crippen molar-refractivity contribution < 1.29 is 0 Å². The van der Waals surface area contributed by atoms with E-state index in [-0.39, 0.29) is 5.92 Å². The maximum Gasteiger partial charge on any atom is 0.191 e. The van der Waals surface area contributed by atoms with Crippen LogP contribution in [0.2, 0.25) is 0 Å². The van der Waals surface area contributed by atoms with E-state index in [1.165, 1.54) is 16.7 Å². The predicted octanol–water partition coefficient (Wildman–Crippen LogP) is 3.92. The number of aliphatic imine (C=N–C) groups is 1. The second kappa shape index (κ2) is 9.92. The van der Waals surface area contributed by atoms with Crippen LogP contribution in [-0.2, 0) is 13.6 Å². The van der Waals surface area contributed by atoms with E-state index in [1.54, 1.807) is 0 Å². The predicted molar refractivity (Wildman–Crippen MR) is 120 cm³/mol. The van der Waals surface area contributed by atoms with E-state index in [1.807, 2.05) is 18.7 Å². The highest BCUT2D eigenvalue weighted by Crippen LogP contribution is 2.23. The zero-order valence-electron chi connectivity index (χ0n) is 17.8. The summed E-state index contributed by atoms with van der Waals surface area (Å²) in [5.74, 6) is 1.08.